The first-order valence-electron chi connectivity index (χ1n) is 6.20. The molecule has 5 nitrogen and oxygen atoms in total. The third-order valence-electron chi connectivity index (χ3n) is 2.14. The minimum atomic E-state index is -1.80. The highest BCUT2D eigenvalue weighted by Crippen LogP contribution is 2.05. The van der Waals surface area contributed by atoms with E-state index in [-0.39, 0.29) is 0 Å². The summed E-state index contributed by atoms with van der Waals surface area (Å²) >= 11 is 0. The van der Waals surface area contributed by atoms with E-state index in [4.69, 9.17) is 0 Å². The summed E-state index contributed by atoms with van der Waals surface area (Å²) in [7, 11) is 6.60. The van der Waals surface area contributed by atoms with E-state index in [9.17, 15) is 19.5 Å². The standard InChI is InChI=1S/C10H16N.C5H6O4/c1-11(2,3)9-10-7-5-4-6-8-10;1-3(6)2-4(7)5(8)9/h4-8H,9H2,1-3H3;2H2,1H3,(H,8,9)/q+1;/p-1. The van der Waals surface area contributed by atoms with Gasteiger partial charge < -0.3 is 14.4 Å². The average molecular weight is 279 g/mol. The van der Waals surface area contributed by atoms with Crippen LogP contribution in [0.4, 0.5) is 0 Å². The summed E-state index contributed by atoms with van der Waals surface area (Å²) in [5.41, 5.74) is 1.40. The molecule has 1 aromatic rings. The lowest BCUT2D eigenvalue weighted by Crippen LogP contribution is -2.33. The molecule has 0 heterocycles. The molecule has 0 unspecified atom stereocenters. The molecule has 0 spiro atoms. The van der Waals surface area contributed by atoms with Gasteiger partial charge in [-0.3, -0.25) is 9.59 Å². The van der Waals surface area contributed by atoms with Gasteiger partial charge in [0.25, 0.3) is 0 Å². The van der Waals surface area contributed by atoms with Gasteiger partial charge in [-0.15, -0.1) is 0 Å². The molecule has 0 aliphatic rings. The lowest BCUT2D eigenvalue weighted by molar-refractivity contribution is -0.884. The quantitative estimate of drug-likeness (QED) is 0.438. The van der Waals surface area contributed by atoms with Crippen molar-refractivity contribution in [1.82, 2.24) is 0 Å². The van der Waals surface area contributed by atoms with Gasteiger partial charge in [0.2, 0.25) is 0 Å². The van der Waals surface area contributed by atoms with Crippen LogP contribution in [0.3, 0.4) is 0 Å². The number of carboxylic acids is 1. The summed E-state index contributed by atoms with van der Waals surface area (Å²) in [4.78, 5) is 29.7. The largest absolute Gasteiger partial charge is 0.542 e. The fourth-order valence-electron chi connectivity index (χ4n) is 1.43. The summed E-state index contributed by atoms with van der Waals surface area (Å²) in [6, 6.07) is 10.6. The lowest BCUT2D eigenvalue weighted by atomic mass is 10.2. The Morgan fingerprint density at radius 2 is 1.55 bits per heavy atom. The van der Waals surface area contributed by atoms with Crippen LogP contribution in [0.15, 0.2) is 30.3 Å². The minimum Gasteiger partial charge on any atom is -0.542 e. The van der Waals surface area contributed by atoms with Crippen LogP contribution >= 0.6 is 0 Å². The molecule has 110 valence electrons. The molecule has 1 aromatic carbocycles. The van der Waals surface area contributed by atoms with Gasteiger partial charge in [0.15, 0.2) is 5.78 Å². The molecule has 0 saturated carbocycles. The number of carbonyl (C=O) groups excluding carboxylic acids is 3. The van der Waals surface area contributed by atoms with Crippen LogP contribution in [0, 0.1) is 0 Å². The molecule has 0 aromatic heterocycles. The maximum atomic E-state index is 10.1. The minimum absolute atomic E-state index is 0.468. The van der Waals surface area contributed by atoms with Crippen LogP contribution < -0.4 is 5.11 Å². The molecule has 0 amide bonds. The van der Waals surface area contributed by atoms with Crippen molar-refractivity contribution in [3.05, 3.63) is 35.9 Å². The fraction of sp³-hybridized carbons (Fsp3) is 0.400. The number of hydrogen-bond acceptors (Lipinski definition) is 4. The predicted molar refractivity (Wildman–Crippen MR) is 73.5 cm³/mol. The third-order valence-corrected chi connectivity index (χ3v) is 2.14. The second kappa shape index (κ2) is 8.22. The van der Waals surface area contributed by atoms with Gasteiger partial charge in [-0.05, 0) is 6.92 Å². The SMILES string of the molecule is CC(=O)CC(=O)C(=O)[O-].C[N+](C)(C)Cc1ccccc1. The number of carboxylic acid groups (broad SMARTS) is 1. The Kier molecular flexibility index (Phi) is 7.39. The molecular weight excluding hydrogens is 258 g/mol. The summed E-state index contributed by atoms with van der Waals surface area (Å²) in [5, 5.41) is 9.62. The molecule has 0 bridgehead atoms. The van der Waals surface area contributed by atoms with Crippen molar-refractivity contribution >= 4 is 17.5 Å². The highest BCUT2D eigenvalue weighted by molar-refractivity contribution is 6.35. The molecule has 0 aliphatic heterocycles. The third kappa shape index (κ3) is 9.96. The van der Waals surface area contributed by atoms with Crippen molar-refractivity contribution in [3.8, 4) is 0 Å². The first kappa shape index (κ1) is 18.0. The highest BCUT2D eigenvalue weighted by Gasteiger charge is 2.06. The van der Waals surface area contributed by atoms with Gasteiger partial charge in [0, 0.05) is 5.56 Å². The van der Waals surface area contributed by atoms with Crippen LogP contribution in [-0.2, 0) is 20.9 Å². The van der Waals surface area contributed by atoms with Crippen LogP contribution in [0.25, 0.3) is 0 Å². The second-order valence-corrected chi connectivity index (χ2v) is 5.52. The Balaban J connectivity index is 0.000000370. The Bertz CT molecular complexity index is 461. The van der Waals surface area contributed by atoms with Crippen molar-refractivity contribution < 1.29 is 24.0 Å². The number of benzene rings is 1. The zero-order chi connectivity index (χ0) is 15.8. The molecule has 5 heteroatoms. The van der Waals surface area contributed by atoms with Crippen molar-refractivity contribution in [2.75, 3.05) is 21.1 Å². The van der Waals surface area contributed by atoms with E-state index < -0.39 is 24.0 Å². The van der Waals surface area contributed by atoms with Crippen LogP contribution in [-0.4, -0.2) is 43.2 Å². The van der Waals surface area contributed by atoms with Crippen molar-refractivity contribution in [2.45, 2.75) is 19.9 Å². The van der Waals surface area contributed by atoms with Crippen LogP contribution in [0.2, 0.25) is 0 Å². The number of hydrogen-bond donors (Lipinski definition) is 0. The zero-order valence-electron chi connectivity index (χ0n) is 12.4. The molecule has 0 aliphatic carbocycles. The summed E-state index contributed by atoms with van der Waals surface area (Å²) in [6.45, 7) is 2.24. The van der Waals surface area contributed by atoms with Gasteiger partial charge in [-0.25, -0.2) is 0 Å². The summed E-state index contributed by atoms with van der Waals surface area (Å²) < 4.78 is 0.990. The van der Waals surface area contributed by atoms with Gasteiger partial charge >= 0.3 is 0 Å². The van der Waals surface area contributed by atoms with Crippen LogP contribution in [0.5, 0.6) is 0 Å². The molecule has 0 fully saturated rings. The van der Waals surface area contributed by atoms with Crippen molar-refractivity contribution in [1.29, 1.82) is 0 Å². The number of aliphatic carboxylic acids is 1. The van der Waals surface area contributed by atoms with Gasteiger partial charge in [0.1, 0.15) is 18.3 Å². The van der Waals surface area contributed by atoms with Gasteiger partial charge in [-0.2, -0.15) is 0 Å². The smallest absolute Gasteiger partial charge is 0.185 e. The highest BCUT2D eigenvalue weighted by atomic mass is 16.4. The maximum absolute atomic E-state index is 10.1. The summed E-state index contributed by atoms with van der Waals surface area (Å²) in [6.07, 6.45) is -0.567. The fourth-order valence-corrected chi connectivity index (χ4v) is 1.43. The van der Waals surface area contributed by atoms with Crippen molar-refractivity contribution in [2.24, 2.45) is 0 Å². The van der Waals surface area contributed by atoms with E-state index >= 15 is 0 Å². The van der Waals surface area contributed by atoms with E-state index in [1.54, 1.807) is 0 Å². The molecule has 0 radical (unpaired) electrons. The number of rotatable bonds is 5. The Labute approximate surface area is 119 Å². The first-order valence-corrected chi connectivity index (χ1v) is 6.20. The number of ketones is 2. The molecular formula is C15H21NO4. The number of quaternary nitrogens is 1. The first-order chi connectivity index (χ1) is 9.11. The number of Topliss-reactive ketones (excluding diaryl/α,β-unsaturated/α-hetero) is 2. The average Bonchev–Trinajstić information content (AvgIpc) is 2.27. The topological polar surface area (TPSA) is 74.3 Å². The Hall–Kier alpha value is -2.01. The predicted octanol–water partition coefficient (Wildman–Crippen LogP) is 0.177. The number of nitrogens with zero attached hydrogens (tertiary/aromatic N) is 1. The molecule has 0 atom stereocenters. The lowest BCUT2D eigenvalue weighted by Gasteiger charge is -2.23. The Morgan fingerprint density at radius 3 is 1.85 bits per heavy atom. The Morgan fingerprint density at radius 1 is 1.05 bits per heavy atom. The van der Waals surface area contributed by atoms with Gasteiger partial charge in [0.05, 0.1) is 27.6 Å². The van der Waals surface area contributed by atoms with E-state index in [0.29, 0.717) is 0 Å². The van der Waals surface area contributed by atoms with E-state index in [2.05, 4.69) is 51.5 Å². The molecule has 1 rings (SSSR count). The van der Waals surface area contributed by atoms with E-state index in [1.165, 1.54) is 5.56 Å². The molecule has 0 saturated heterocycles. The van der Waals surface area contributed by atoms with E-state index in [1.807, 2.05) is 0 Å². The second-order valence-electron chi connectivity index (χ2n) is 5.52. The number of carbonyl (C=O) groups is 3. The van der Waals surface area contributed by atoms with Crippen molar-refractivity contribution in [3.63, 3.8) is 0 Å². The molecule has 0 N–H and O–H groups in total. The summed E-state index contributed by atoms with van der Waals surface area (Å²) in [5.74, 6) is -3.43. The normalized spacial score (nSPS) is 10.2. The van der Waals surface area contributed by atoms with Crippen LogP contribution in [0.1, 0.15) is 18.9 Å². The van der Waals surface area contributed by atoms with E-state index in [0.717, 1.165) is 18.0 Å². The zero-order valence-corrected chi connectivity index (χ0v) is 12.4. The monoisotopic (exact) mass is 279 g/mol. The molecule has 20 heavy (non-hydrogen) atoms. The maximum Gasteiger partial charge on any atom is 0.185 e. The van der Waals surface area contributed by atoms with Gasteiger partial charge in [-0.1, -0.05) is 30.3 Å².